The second kappa shape index (κ2) is 6.68. The fourth-order valence-electron chi connectivity index (χ4n) is 2.51. The zero-order valence-corrected chi connectivity index (χ0v) is 14.2. The monoisotopic (exact) mass is 349 g/mol. The molecule has 23 heavy (non-hydrogen) atoms. The lowest BCUT2D eigenvalue weighted by Crippen LogP contribution is -2.49. The number of hydrogen-bond donors (Lipinski definition) is 0. The van der Waals surface area contributed by atoms with E-state index < -0.39 is 0 Å². The lowest BCUT2D eigenvalue weighted by molar-refractivity contribution is -0.130. The highest BCUT2D eigenvalue weighted by Gasteiger charge is 2.24. The molecule has 1 aromatic heterocycles. The molecule has 1 fully saturated rings. The summed E-state index contributed by atoms with van der Waals surface area (Å²) in [6.07, 6.45) is 1.60. The van der Waals surface area contributed by atoms with Gasteiger partial charge in [0.2, 0.25) is 5.91 Å². The number of amides is 2. The van der Waals surface area contributed by atoms with Crippen LogP contribution >= 0.6 is 22.9 Å². The zero-order chi connectivity index (χ0) is 16.4. The standard InChI is InChI=1S/C16H16ClN3O2S/c1-11(21)19-6-8-20(9-7-19)16(22)14-10-18-15(23-14)12-4-2-3-5-13(12)17/h2-5,10H,6-9H2,1H3. The Labute approximate surface area is 143 Å². The van der Waals surface area contributed by atoms with Crippen LogP contribution in [0.25, 0.3) is 10.6 Å². The molecule has 7 heteroatoms. The minimum atomic E-state index is -0.0380. The van der Waals surface area contributed by atoms with Crippen LogP contribution in [0.5, 0.6) is 0 Å². The molecule has 3 rings (SSSR count). The van der Waals surface area contributed by atoms with Crippen molar-refractivity contribution >= 4 is 34.8 Å². The van der Waals surface area contributed by atoms with Crippen molar-refractivity contribution in [3.8, 4) is 10.6 Å². The van der Waals surface area contributed by atoms with Crippen LogP contribution in [0, 0.1) is 0 Å². The van der Waals surface area contributed by atoms with Crippen LogP contribution in [0.3, 0.4) is 0 Å². The van der Waals surface area contributed by atoms with Gasteiger partial charge in [-0.1, -0.05) is 29.8 Å². The van der Waals surface area contributed by atoms with Crippen molar-refractivity contribution in [2.75, 3.05) is 26.2 Å². The van der Waals surface area contributed by atoms with E-state index in [1.807, 2.05) is 18.2 Å². The zero-order valence-electron chi connectivity index (χ0n) is 12.7. The van der Waals surface area contributed by atoms with Crippen molar-refractivity contribution in [1.82, 2.24) is 14.8 Å². The molecule has 0 atom stereocenters. The summed E-state index contributed by atoms with van der Waals surface area (Å²) in [5.74, 6) is 0.0138. The summed E-state index contributed by atoms with van der Waals surface area (Å²) in [5.41, 5.74) is 0.833. The highest BCUT2D eigenvalue weighted by molar-refractivity contribution is 7.17. The van der Waals surface area contributed by atoms with Gasteiger partial charge in [-0.05, 0) is 6.07 Å². The number of thiazole rings is 1. The first-order valence-corrected chi connectivity index (χ1v) is 8.51. The SMILES string of the molecule is CC(=O)N1CCN(C(=O)c2cnc(-c3ccccc3Cl)s2)CC1. The van der Waals surface area contributed by atoms with Gasteiger partial charge in [0.25, 0.3) is 5.91 Å². The smallest absolute Gasteiger partial charge is 0.265 e. The van der Waals surface area contributed by atoms with Crippen molar-refractivity contribution < 1.29 is 9.59 Å². The Bertz CT molecular complexity index is 738. The molecule has 1 saturated heterocycles. The Hall–Kier alpha value is -1.92. The molecular formula is C16H16ClN3O2S. The lowest BCUT2D eigenvalue weighted by Gasteiger charge is -2.33. The first-order chi connectivity index (χ1) is 11.1. The number of hydrogen-bond acceptors (Lipinski definition) is 4. The van der Waals surface area contributed by atoms with E-state index in [1.165, 1.54) is 11.3 Å². The predicted molar refractivity (Wildman–Crippen MR) is 90.7 cm³/mol. The van der Waals surface area contributed by atoms with Crippen LogP contribution in [0.1, 0.15) is 16.6 Å². The van der Waals surface area contributed by atoms with E-state index in [9.17, 15) is 9.59 Å². The van der Waals surface area contributed by atoms with Crippen LogP contribution in [0.15, 0.2) is 30.5 Å². The molecule has 0 spiro atoms. The Kier molecular flexibility index (Phi) is 4.63. The average molecular weight is 350 g/mol. The molecule has 0 saturated carbocycles. The van der Waals surface area contributed by atoms with E-state index in [4.69, 9.17) is 11.6 Å². The molecule has 2 heterocycles. The quantitative estimate of drug-likeness (QED) is 0.837. The molecule has 0 bridgehead atoms. The summed E-state index contributed by atoms with van der Waals surface area (Å²) in [7, 11) is 0. The topological polar surface area (TPSA) is 53.5 Å². The Morgan fingerprint density at radius 1 is 1.13 bits per heavy atom. The Balaban J connectivity index is 1.72. The number of aromatic nitrogens is 1. The lowest BCUT2D eigenvalue weighted by atomic mass is 10.2. The number of piperazine rings is 1. The van der Waals surface area contributed by atoms with Gasteiger partial charge in [0.15, 0.2) is 0 Å². The number of carbonyl (C=O) groups excluding carboxylic acids is 2. The molecule has 1 aliphatic heterocycles. The number of nitrogens with zero attached hydrogens (tertiary/aromatic N) is 3. The van der Waals surface area contributed by atoms with Gasteiger partial charge >= 0.3 is 0 Å². The second-order valence-corrected chi connectivity index (χ2v) is 6.75. The van der Waals surface area contributed by atoms with Gasteiger partial charge in [-0.2, -0.15) is 0 Å². The molecular weight excluding hydrogens is 334 g/mol. The molecule has 0 unspecified atom stereocenters. The first kappa shape index (κ1) is 16.0. The third-order valence-electron chi connectivity index (χ3n) is 3.83. The largest absolute Gasteiger partial charge is 0.339 e. The van der Waals surface area contributed by atoms with Crippen molar-refractivity contribution in [1.29, 1.82) is 0 Å². The number of halogens is 1. The summed E-state index contributed by atoms with van der Waals surface area (Å²) in [5, 5.41) is 1.36. The van der Waals surface area contributed by atoms with E-state index >= 15 is 0 Å². The minimum Gasteiger partial charge on any atom is -0.339 e. The molecule has 5 nitrogen and oxygen atoms in total. The Morgan fingerprint density at radius 2 is 1.78 bits per heavy atom. The molecule has 0 aliphatic carbocycles. The van der Waals surface area contributed by atoms with Crippen LogP contribution in [0.2, 0.25) is 5.02 Å². The van der Waals surface area contributed by atoms with Crippen molar-refractivity contribution in [2.45, 2.75) is 6.92 Å². The molecule has 1 aliphatic rings. The maximum atomic E-state index is 12.6. The maximum Gasteiger partial charge on any atom is 0.265 e. The minimum absolute atomic E-state index is 0.0380. The molecule has 1 aromatic carbocycles. The highest BCUT2D eigenvalue weighted by Crippen LogP contribution is 2.31. The summed E-state index contributed by atoms with van der Waals surface area (Å²) in [6.45, 7) is 3.82. The summed E-state index contributed by atoms with van der Waals surface area (Å²) in [6, 6.07) is 7.45. The fraction of sp³-hybridized carbons (Fsp3) is 0.312. The second-order valence-electron chi connectivity index (χ2n) is 5.31. The van der Waals surface area contributed by atoms with E-state index in [-0.39, 0.29) is 11.8 Å². The van der Waals surface area contributed by atoms with Gasteiger partial charge in [-0.3, -0.25) is 9.59 Å². The summed E-state index contributed by atoms with van der Waals surface area (Å²) in [4.78, 5) is 32.4. The number of rotatable bonds is 2. The van der Waals surface area contributed by atoms with Gasteiger partial charge in [0, 0.05) is 38.7 Å². The normalized spacial score (nSPS) is 14.9. The van der Waals surface area contributed by atoms with E-state index in [1.54, 1.807) is 29.0 Å². The molecule has 0 N–H and O–H groups in total. The molecule has 0 radical (unpaired) electrons. The van der Waals surface area contributed by atoms with Crippen molar-refractivity contribution in [2.24, 2.45) is 0 Å². The number of benzene rings is 1. The molecule has 2 amide bonds. The van der Waals surface area contributed by atoms with Crippen molar-refractivity contribution in [3.63, 3.8) is 0 Å². The first-order valence-electron chi connectivity index (χ1n) is 7.32. The van der Waals surface area contributed by atoms with Gasteiger partial charge in [-0.15, -0.1) is 11.3 Å². The van der Waals surface area contributed by atoms with Crippen LogP contribution in [0.4, 0.5) is 0 Å². The summed E-state index contributed by atoms with van der Waals surface area (Å²) < 4.78 is 0. The maximum absolute atomic E-state index is 12.6. The third kappa shape index (κ3) is 3.38. The van der Waals surface area contributed by atoms with Gasteiger partial charge in [0.05, 0.1) is 11.2 Å². The van der Waals surface area contributed by atoms with Gasteiger partial charge in [0.1, 0.15) is 9.88 Å². The van der Waals surface area contributed by atoms with Gasteiger partial charge < -0.3 is 9.80 Å². The summed E-state index contributed by atoms with van der Waals surface area (Å²) >= 11 is 7.52. The van der Waals surface area contributed by atoms with E-state index in [0.717, 1.165) is 10.6 Å². The van der Waals surface area contributed by atoms with Crippen LogP contribution in [-0.2, 0) is 4.79 Å². The van der Waals surface area contributed by atoms with E-state index in [0.29, 0.717) is 36.1 Å². The van der Waals surface area contributed by atoms with Crippen molar-refractivity contribution in [3.05, 3.63) is 40.4 Å². The molecule has 2 aromatic rings. The Morgan fingerprint density at radius 3 is 2.43 bits per heavy atom. The van der Waals surface area contributed by atoms with E-state index in [2.05, 4.69) is 4.98 Å². The number of carbonyl (C=O) groups is 2. The third-order valence-corrected chi connectivity index (χ3v) is 5.18. The van der Waals surface area contributed by atoms with Crippen LogP contribution < -0.4 is 0 Å². The van der Waals surface area contributed by atoms with Crippen LogP contribution in [-0.4, -0.2) is 52.8 Å². The molecule has 120 valence electrons. The average Bonchev–Trinajstić information content (AvgIpc) is 3.04. The fourth-order valence-corrected chi connectivity index (χ4v) is 3.72. The highest BCUT2D eigenvalue weighted by atomic mass is 35.5. The predicted octanol–water partition coefficient (Wildman–Crippen LogP) is 2.77. The van der Waals surface area contributed by atoms with Gasteiger partial charge in [-0.25, -0.2) is 4.98 Å².